The molecule has 0 atom stereocenters. The molecule has 0 amide bonds. The van der Waals surface area contributed by atoms with Gasteiger partial charge in [0.15, 0.2) is 0 Å². The number of nitriles is 1. The van der Waals surface area contributed by atoms with Crippen LogP contribution in [-0.4, -0.2) is 10.1 Å². The lowest BCUT2D eigenvalue weighted by Gasteiger charge is -1.98. The van der Waals surface area contributed by atoms with E-state index < -0.39 is 0 Å². The average Bonchev–Trinajstić information content (AvgIpc) is 2.66. The number of aryl methyl sites for hydroxylation is 1. The Morgan fingerprint density at radius 1 is 1.47 bits per heavy atom. The van der Waals surface area contributed by atoms with E-state index >= 15 is 0 Å². The van der Waals surface area contributed by atoms with Crippen LogP contribution in [0.15, 0.2) is 22.7 Å². The van der Waals surface area contributed by atoms with E-state index in [1.807, 2.05) is 6.07 Å². The number of benzene rings is 1. The molecule has 0 bridgehead atoms. The molecule has 5 nitrogen and oxygen atoms in total. The predicted molar refractivity (Wildman–Crippen MR) is 53.6 cm³/mol. The van der Waals surface area contributed by atoms with Crippen LogP contribution in [0.2, 0.25) is 0 Å². The predicted octanol–water partition coefficient (Wildman–Crippen LogP) is 1.50. The lowest BCUT2D eigenvalue weighted by Crippen LogP contribution is -1.91. The molecule has 0 fully saturated rings. The zero-order chi connectivity index (χ0) is 10.8. The molecule has 2 aromatic rings. The van der Waals surface area contributed by atoms with Crippen LogP contribution in [0, 0.1) is 18.3 Å². The van der Waals surface area contributed by atoms with Crippen molar-refractivity contribution in [3.05, 3.63) is 29.7 Å². The Bertz CT molecular complexity index is 539. The Morgan fingerprint density at radius 2 is 2.27 bits per heavy atom. The molecule has 15 heavy (non-hydrogen) atoms. The summed E-state index contributed by atoms with van der Waals surface area (Å²) in [6, 6.07) is 7.04. The van der Waals surface area contributed by atoms with Crippen molar-refractivity contribution < 1.29 is 4.52 Å². The van der Waals surface area contributed by atoms with Crippen LogP contribution >= 0.6 is 0 Å². The third-order valence-electron chi connectivity index (χ3n) is 1.96. The van der Waals surface area contributed by atoms with Crippen molar-refractivity contribution in [3.8, 4) is 17.5 Å². The Labute approximate surface area is 86.1 Å². The van der Waals surface area contributed by atoms with Crippen molar-refractivity contribution in [1.82, 2.24) is 10.1 Å². The molecule has 2 N–H and O–H groups in total. The molecule has 2 rings (SSSR count). The molecule has 74 valence electrons. The fraction of sp³-hybridized carbons (Fsp3) is 0.100. The highest BCUT2D eigenvalue weighted by molar-refractivity contribution is 5.65. The lowest BCUT2D eigenvalue weighted by molar-refractivity contribution is 0.394. The highest BCUT2D eigenvalue weighted by atomic mass is 16.5. The molecule has 0 saturated carbocycles. The van der Waals surface area contributed by atoms with Gasteiger partial charge in [0.25, 0.3) is 0 Å². The quantitative estimate of drug-likeness (QED) is 0.704. The first-order valence-corrected chi connectivity index (χ1v) is 4.31. The molecule has 0 spiro atoms. The summed E-state index contributed by atoms with van der Waals surface area (Å²) in [4.78, 5) is 4.06. The molecule has 0 radical (unpaired) electrons. The van der Waals surface area contributed by atoms with Gasteiger partial charge in [0.2, 0.25) is 11.7 Å². The van der Waals surface area contributed by atoms with Gasteiger partial charge in [0.1, 0.15) is 6.07 Å². The third kappa shape index (κ3) is 1.65. The van der Waals surface area contributed by atoms with Crippen LogP contribution < -0.4 is 5.73 Å². The van der Waals surface area contributed by atoms with E-state index in [1.54, 1.807) is 25.1 Å². The van der Waals surface area contributed by atoms with Crippen LogP contribution in [0.25, 0.3) is 11.4 Å². The van der Waals surface area contributed by atoms with Crippen molar-refractivity contribution in [2.24, 2.45) is 0 Å². The number of anilines is 1. The van der Waals surface area contributed by atoms with E-state index in [1.165, 1.54) is 0 Å². The van der Waals surface area contributed by atoms with Crippen molar-refractivity contribution >= 4 is 5.69 Å². The van der Waals surface area contributed by atoms with Crippen LogP contribution in [0.4, 0.5) is 5.69 Å². The first-order valence-electron chi connectivity index (χ1n) is 4.31. The summed E-state index contributed by atoms with van der Waals surface area (Å²) < 4.78 is 4.85. The van der Waals surface area contributed by atoms with Gasteiger partial charge in [-0.3, -0.25) is 0 Å². The molecular formula is C10H8N4O. The van der Waals surface area contributed by atoms with Crippen molar-refractivity contribution in [1.29, 1.82) is 5.26 Å². The molecule has 1 aromatic heterocycles. The van der Waals surface area contributed by atoms with Gasteiger partial charge in [0.05, 0.1) is 5.56 Å². The fourth-order valence-electron chi connectivity index (χ4n) is 1.21. The molecule has 0 unspecified atom stereocenters. The summed E-state index contributed by atoms with van der Waals surface area (Å²) in [7, 11) is 0. The van der Waals surface area contributed by atoms with Gasteiger partial charge in [-0.25, -0.2) is 0 Å². The Balaban J connectivity index is 2.51. The zero-order valence-corrected chi connectivity index (χ0v) is 8.06. The normalized spacial score (nSPS) is 9.87. The lowest BCUT2D eigenvalue weighted by atomic mass is 10.1. The van der Waals surface area contributed by atoms with Crippen LogP contribution in [0.3, 0.4) is 0 Å². The number of hydrogen-bond donors (Lipinski definition) is 1. The van der Waals surface area contributed by atoms with Gasteiger partial charge in [-0.2, -0.15) is 10.2 Å². The molecule has 1 aromatic carbocycles. The smallest absolute Gasteiger partial charge is 0.223 e. The first-order chi connectivity index (χ1) is 7.20. The molecular weight excluding hydrogens is 192 g/mol. The van der Waals surface area contributed by atoms with Gasteiger partial charge < -0.3 is 10.3 Å². The number of rotatable bonds is 1. The van der Waals surface area contributed by atoms with Crippen LogP contribution in [0.1, 0.15) is 11.5 Å². The molecule has 0 aliphatic heterocycles. The minimum Gasteiger partial charge on any atom is -0.398 e. The first kappa shape index (κ1) is 9.21. The van der Waals surface area contributed by atoms with Gasteiger partial charge in [-0.05, 0) is 18.2 Å². The number of nitrogens with two attached hydrogens (primary N) is 1. The van der Waals surface area contributed by atoms with Crippen molar-refractivity contribution in [2.75, 3.05) is 5.73 Å². The standard InChI is InChI=1S/C10H8N4O/c1-6-13-10(14-15-6)7-2-3-9(12)8(4-7)5-11/h2-4H,12H2,1H3. The second-order valence-electron chi connectivity index (χ2n) is 3.05. The van der Waals surface area contributed by atoms with Gasteiger partial charge in [-0.1, -0.05) is 5.16 Å². The minimum absolute atomic E-state index is 0.412. The Kier molecular flexibility index (Phi) is 2.10. The second kappa shape index (κ2) is 3.42. The Hall–Kier alpha value is -2.35. The monoisotopic (exact) mass is 200 g/mol. The summed E-state index contributed by atoms with van der Waals surface area (Å²) in [5.74, 6) is 0.948. The van der Waals surface area contributed by atoms with Crippen molar-refractivity contribution in [3.63, 3.8) is 0 Å². The average molecular weight is 200 g/mol. The van der Waals surface area contributed by atoms with E-state index in [0.717, 1.165) is 5.56 Å². The summed E-state index contributed by atoms with van der Waals surface area (Å²) in [6.45, 7) is 1.71. The summed E-state index contributed by atoms with van der Waals surface area (Å²) >= 11 is 0. The molecule has 5 heteroatoms. The van der Waals surface area contributed by atoms with E-state index in [-0.39, 0.29) is 0 Å². The van der Waals surface area contributed by atoms with Crippen LogP contribution in [0.5, 0.6) is 0 Å². The van der Waals surface area contributed by atoms with Crippen LogP contribution in [-0.2, 0) is 0 Å². The Morgan fingerprint density at radius 3 is 2.87 bits per heavy atom. The van der Waals surface area contributed by atoms with E-state index in [0.29, 0.717) is 23.0 Å². The maximum Gasteiger partial charge on any atom is 0.223 e. The van der Waals surface area contributed by atoms with E-state index in [9.17, 15) is 0 Å². The molecule has 0 aliphatic rings. The summed E-state index contributed by atoms with van der Waals surface area (Å²) in [5, 5.41) is 12.6. The second-order valence-corrected chi connectivity index (χ2v) is 3.05. The highest BCUT2D eigenvalue weighted by Crippen LogP contribution is 2.20. The largest absolute Gasteiger partial charge is 0.398 e. The highest BCUT2D eigenvalue weighted by Gasteiger charge is 2.07. The van der Waals surface area contributed by atoms with Gasteiger partial charge in [0, 0.05) is 18.2 Å². The minimum atomic E-state index is 0.412. The number of hydrogen-bond acceptors (Lipinski definition) is 5. The molecule has 1 heterocycles. The molecule has 0 saturated heterocycles. The SMILES string of the molecule is Cc1nc(-c2ccc(N)c(C#N)c2)no1. The fourth-order valence-corrected chi connectivity index (χ4v) is 1.21. The topological polar surface area (TPSA) is 88.7 Å². The number of nitrogens with zero attached hydrogens (tertiary/aromatic N) is 3. The zero-order valence-electron chi connectivity index (χ0n) is 8.06. The number of aromatic nitrogens is 2. The molecule has 0 aliphatic carbocycles. The van der Waals surface area contributed by atoms with E-state index in [4.69, 9.17) is 15.5 Å². The van der Waals surface area contributed by atoms with Gasteiger partial charge >= 0.3 is 0 Å². The number of nitrogen functional groups attached to an aromatic ring is 1. The maximum atomic E-state index is 8.80. The van der Waals surface area contributed by atoms with E-state index in [2.05, 4.69) is 10.1 Å². The maximum absolute atomic E-state index is 8.80. The summed E-state index contributed by atoms with van der Waals surface area (Å²) in [6.07, 6.45) is 0. The van der Waals surface area contributed by atoms with Crippen molar-refractivity contribution in [2.45, 2.75) is 6.92 Å². The summed E-state index contributed by atoms with van der Waals surface area (Å²) in [5.41, 5.74) is 7.17. The van der Waals surface area contributed by atoms with Gasteiger partial charge in [-0.15, -0.1) is 0 Å². The third-order valence-corrected chi connectivity index (χ3v) is 1.96.